The minimum absolute atomic E-state index is 0.111. The van der Waals surface area contributed by atoms with Gasteiger partial charge >= 0.3 is 11.7 Å². The van der Waals surface area contributed by atoms with E-state index in [0.29, 0.717) is 0 Å². The molecule has 2 aromatic heterocycles. The van der Waals surface area contributed by atoms with Gasteiger partial charge in [0, 0.05) is 14.1 Å². The zero-order valence-electron chi connectivity index (χ0n) is 10.5. The number of aromatic nitrogens is 4. The number of hydrogen-bond donors (Lipinski definition) is 0. The number of nitrogens with zero attached hydrogens (tertiary/aromatic N) is 4. The number of esters is 1. The van der Waals surface area contributed by atoms with Crippen molar-refractivity contribution in [1.82, 2.24) is 18.7 Å². The topological polar surface area (TPSA) is 88.1 Å². The smallest absolute Gasteiger partial charge is 0.332 e. The van der Waals surface area contributed by atoms with Crippen LogP contribution in [-0.2, 0) is 30.2 Å². The number of fused-ring (bicyclic) bond motifs is 1. The average molecular weight is 331 g/mol. The fourth-order valence-electron chi connectivity index (χ4n) is 1.80. The molecule has 0 bridgehead atoms. The van der Waals surface area contributed by atoms with E-state index in [-0.39, 0.29) is 22.4 Å². The highest BCUT2D eigenvalue weighted by Gasteiger charge is 2.19. The molecule has 2 heterocycles. The zero-order valence-corrected chi connectivity index (χ0v) is 12.1. The Balaban J connectivity index is 2.87. The van der Waals surface area contributed by atoms with Gasteiger partial charge in [0.2, 0.25) is 0 Å². The number of ether oxygens (including phenoxy) is 1. The Morgan fingerprint density at radius 1 is 1.32 bits per heavy atom. The summed E-state index contributed by atoms with van der Waals surface area (Å²) in [6.07, 6.45) is 0. The number of aryl methyl sites for hydroxylation is 1. The van der Waals surface area contributed by atoms with Gasteiger partial charge in [-0.05, 0) is 15.9 Å². The third-order valence-corrected chi connectivity index (χ3v) is 3.41. The van der Waals surface area contributed by atoms with E-state index in [1.807, 2.05) is 0 Å². The van der Waals surface area contributed by atoms with Gasteiger partial charge in [0.05, 0.1) is 7.11 Å². The number of methoxy groups -OCH3 is 1. The third-order valence-electron chi connectivity index (χ3n) is 2.81. The standard InChI is InChI=1S/C10H11BrN4O4/c1-13-7-6(8(17)14(2)10(13)18)12-9(11)15(7)4-5(16)19-3/h4H2,1-3H3. The quantitative estimate of drug-likeness (QED) is 0.540. The molecule has 0 fully saturated rings. The van der Waals surface area contributed by atoms with E-state index >= 15 is 0 Å². The molecule has 0 unspecified atom stereocenters. The normalized spacial score (nSPS) is 10.9. The number of rotatable bonds is 2. The molecule has 102 valence electrons. The van der Waals surface area contributed by atoms with Crippen LogP contribution in [0, 0.1) is 0 Å². The monoisotopic (exact) mass is 330 g/mol. The Labute approximate surface area is 115 Å². The van der Waals surface area contributed by atoms with Crippen molar-refractivity contribution < 1.29 is 9.53 Å². The molecule has 0 aliphatic rings. The highest BCUT2D eigenvalue weighted by molar-refractivity contribution is 9.10. The second-order valence-electron chi connectivity index (χ2n) is 3.92. The van der Waals surface area contributed by atoms with Crippen molar-refractivity contribution in [3.8, 4) is 0 Å². The van der Waals surface area contributed by atoms with Crippen LogP contribution in [0.25, 0.3) is 11.2 Å². The number of carbonyl (C=O) groups excluding carboxylic acids is 1. The maximum atomic E-state index is 12.0. The van der Waals surface area contributed by atoms with Crippen LogP contribution in [0.5, 0.6) is 0 Å². The van der Waals surface area contributed by atoms with E-state index in [4.69, 9.17) is 0 Å². The Kier molecular flexibility index (Phi) is 3.31. The number of imidazole rings is 1. The second kappa shape index (κ2) is 4.65. The van der Waals surface area contributed by atoms with E-state index in [2.05, 4.69) is 25.7 Å². The van der Waals surface area contributed by atoms with Crippen molar-refractivity contribution in [2.24, 2.45) is 14.1 Å². The summed E-state index contributed by atoms with van der Waals surface area (Å²) in [5, 5.41) is 0. The van der Waals surface area contributed by atoms with E-state index < -0.39 is 17.2 Å². The molecule has 2 rings (SSSR count). The van der Waals surface area contributed by atoms with Gasteiger partial charge < -0.3 is 4.74 Å². The number of carbonyl (C=O) groups is 1. The van der Waals surface area contributed by atoms with Gasteiger partial charge in [-0.1, -0.05) is 0 Å². The summed E-state index contributed by atoms with van der Waals surface area (Å²) in [7, 11) is 4.14. The van der Waals surface area contributed by atoms with E-state index in [1.165, 1.54) is 30.3 Å². The maximum Gasteiger partial charge on any atom is 0.332 e. The molecule has 0 saturated heterocycles. The SMILES string of the molecule is COC(=O)Cn1c(Br)nc2c(=O)n(C)c(=O)n(C)c21. The summed E-state index contributed by atoms with van der Waals surface area (Å²) in [5.74, 6) is -0.506. The molecular weight excluding hydrogens is 320 g/mol. The van der Waals surface area contributed by atoms with Gasteiger partial charge in [-0.25, -0.2) is 9.78 Å². The fraction of sp³-hybridized carbons (Fsp3) is 0.400. The predicted octanol–water partition coefficient (Wildman–Crippen LogP) is -0.631. The Bertz CT molecular complexity index is 785. The first-order valence-corrected chi connectivity index (χ1v) is 6.06. The molecule has 0 aliphatic carbocycles. The van der Waals surface area contributed by atoms with E-state index in [1.54, 1.807) is 0 Å². The summed E-state index contributed by atoms with van der Waals surface area (Å²) in [5.41, 5.74) is -0.621. The highest BCUT2D eigenvalue weighted by atomic mass is 79.9. The van der Waals surface area contributed by atoms with Crippen LogP contribution in [0.1, 0.15) is 0 Å². The van der Waals surface area contributed by atoms with Crippen LogP contribution < -0.4 is 11.2 Å². The Morgan fingerprint density at radius 2 is 1.95 bits per heavy atom. The van der Waals surface area contributed by atoms with Gasteiger partial charge in [0.1, 0.15) is 6.54 Å². The molecular formula is C10H11BrN4O4. The van der Waals surface area contributed by atoms with Crippen molar-refractivity contribution in [2.75, 3.05) is 7.11 Å². The van der Waals surface area contributed by atoms with Gasteiger partial charge in [0.15, 0.2) is 15.9 Å². The Morgan fingerprint density at radius 3 is 2.53 bits per heavy atom. The van der Waals surface area contributed by atoms with Crippen LogP contribution in [-0.4, -0.2) is 31.8 Å². The zero-order chi connectivity index (χ0) is 14.3. The average Bonchev–Trinajstić information content (AvgIpc) is 2.71. The largest absolute Gasteiger partial charge is 0.468 e. The number of hydrogen-bond acceptors (Lipinski definition) is 5. The summed E-state index contributed by atoms with van der Waals surface area (Å²) < 4.78 is 8.49. The van der Waals surface area contributed by atoms with Crippen LogP contribution in [0.3, 0.4) is 0 Å². The molecule has 0 spiro atoms. The molecule has 0 radical (unpaired) electrons. The van der Waals surface area contributed by atoms with Crippen molar-refractivity contribution >= 4 is 33.1 Å². The van der Waals surface area contributed by atoms with Crippen molar-refractivity contribution in [1.29, 1.82) is 0 Å². The lowest BCUT2D eigenvalue weighted by atomic mass is 10.5. The molecule has 0 amide bonds. The predicted molar refractivity (Wildman–Crippen MR) is 69.9 cm³/mol. The Hall–Kier alpha value is -1.90. The minimum atomic E-state index is -0.512. The summed E-state index contributed by atoms with van der Waals surface area (Å²) in [6.45, 7) is -0.145. The van der Waals surface area contributed by atoms with E-state index in [0.717, 1.165) is 4.57 Å². The van der Waals surface area contributed by atoms with Crippen LogP contribution >= 0.6 is 15.9 Å². The van der Waals surface area contributed by atoms with E-state index in [9.17, 15) is 14.4 Å². The first-order valence-electron chi connectivity index (χ1n) is 5.27. The molecule has 0 N–H and O–H groups in total. The molecule has 2 aromatic rings. The van der Waals surface area contributed by atoms with Crippen molar-refractivity contribution in [3.63, 3.8) is 0 Å². The molecule has 9 heteroatoms. The summed E-state index contributed by atoms with van der Waals surface area (Å²) >= 11 is 3.17. The molecule has 19 heavy (non-hydrogen) atoms. The van der Waals surface area contributed by atoms with Gasteiger partial charge in [-0.15, -0.1) is 0 Å². The lowest BCUT2D eigenvalue weighted by Gasteiger charge is -2.08. The molecule has 0 atom stereocenters. The van der Waals surface area contributed by atoms with Crippen LogP contribution in [0.2, 0.25) is 0 Å². The number of halogens is 1. The second-order valence-corrected chi connectivity index (χ2v) is 4.63. The lowest BCUT2D eigenvalue weighted by molar-refractivity contribution is -0.141. The first kappa shape index (κ1) is 13.5. The van der Waals surface area contributed by atoms with Gasteiger partial charge in [0.25, 0.3) is 5.56 Å². The van der Waals surface area contributed by atoms with Crippen molar-refractivity contribution in [2.45, 2.75) is 6.54 Å². The first-order chi connectivity index (χ1) is 8.88. The van der Waals surface area contributed by atoms with Crippen LogP contribution in [0.4, 0.5) is 0 Å². The molecule has 0 saturated carbocycles. The maximum absolute atomic E-state index is 12.0. The lowest BCUT2D eigenvalue weighted by Crippen LogP contribution is -2.37. The molecule has 8 nitrogen and oxygen atoms in total. The summed E-state index contributed by atoms with van der Waals surface area (Å²) in [4.78, 5) is 39.2. The molecule has 0 aliphatic heterocycles. The minimum Gasteiger partial charge on any atom is -0.468 e. The van der Waals surface area contributed by atoms with Gasteiger partial charge in [-0.3, -0.25) is 23.3 Å². The fourth-order valence-corrected chi connectivity index (χ4v) is 2.27. The highest BCUT2D eigenvalue weighted by Crippen LogP contribution is 2.16. The summed E-state index contributed by atoms with van der Waals surface area (Å²) in [6, 6.07) is 0. The van der Waals surface area contributed by atoms with Crippen molar-refractivity contribution in [3.05, 3.63) is 25.6 Å². The molecule has 0 aromatic carbocycles. The van der Waals surface area contributed by atoms with Gasteiger partial charge in [-0.2, -0.15) is 0 Å². The third kappa shape index (κ3) is 1.99. The van der Waals surface area contributed by atoms with Crippen LogP contribution in [0.15, 0.2) is 14.3 Å².